The Kier molecular flexibility index (Phi) is 6.98. The van der Waals surface area contributed by atoms with Crippen LogP contribution in [0.25, 0.3) is 0 Å². The number of rotatable bonds is 7. The number of alkyl halides is 3. The molecule has 0 spiro atoms. The number of carbonyl (C=O) groups excluding carboxylic acids is 2. The first-order valence-corrected chi connectivity index (χ1v) is 8.54. The number of anilines is 1. The van der Waals surface area contributed by atoms with E-state index in [4.69, 9.17) is 0 Å². The molecule has 0 aliphatic heterocycles. The smallest absolute Gasteiger partial charge is 0.355 e. The van der Waals surface area contributed by atoms with Gasteiger partial charge in [-0.05, 0) is 30.5 Å². The SMILES string of the molecule is CC(=O)N(CC(=O)NCCCc1ccccc1)c1ccccc1C(F)(F)F. The minimum Gasteiger partial charge on any atom is -0.355 e. The lowest BCUT2D eigenvalue weighted by molar-refractivity contribution is -0.137. The zero-order chi connectivity index (χ0) is 19.9. The lowest BCUT2D eigenvalue weighted by Gasteiger charge is -2.24. The third-order valence-electron chi connectivity index (χ3n) is 3.99. The van der Waals surface area contributed by atoms with Gasteiger partial charge in [0, 0.05) is 13.5 Å². The number of nitrogens with zero attached hydrogens (tertiary/aromatic N) is 1. The monoisotopic (exact) mass is 378 g/mol. The summed E-state index contributed by atoms with van der Waals surface area (Å²) in [5.41, 5.74) is -0.134. The normalized spacial score (nSPS) is 11.1. The van der Waals surface area contributed by atoms with Gasteiger partial charge in [-0.2, -0.15) is 13.2 Å². The van der Waals surface area contributed by atoms with Crippen molar-refractivity contribution in [1.29, 1.82) is 0 Å². The first-order valence-electron chi connectivity index (χ1n) is 8.54. The van der Waals surface area contributed by atoms with Crippen LogP contribution in [0.1, 0.15) is 24.5 Å². The third kappa shape index (κ3) is 6.13. The maximum Gasteiger partial charge on any atom is 0.418 e. The highest BCUT2D eigenvalue weighted by Crippen LogP contribution is 2.36. The van der Waals surface area contributed by atoms with E-state index in [0.29, 0.717) is 13.0 Å². The van der Waals surface area contributed by atoms with E-state index < -0.39 is 30.1 Å². The average Bonchev–Trinajstić information content (AvgIpc) is 2.63. The minimum atomic E-state index is -4.61. The number of benzene rings is 2. The van der Waals surface area contributed by atoms with E-state index in [1.807, 2.05) is 30.3 Å². The van der Waals surface area contributed by atoms with Gasteiger partial charge in [0.25, 0.3) is 0 Å². The highest BCUT2D eigenvalue weighted by atomic mass is 19.4. The first kappa shape index (κ1) is 20.5. The van der Waals surface area contributed by atoms with Gasteiger partial charge in [0.15, 0.2) is 0 Å². The quantitative estimate of drug-likeness (QED) is 0.745. The van der Waals surface area contributed by atoms with Crippen molar-refractivity contribution in [2.75, 3.05) is 18.0 Å². The summed E-state index contributed by atoms with van der Waals surface area (Å²) in [6.45, 7) is 1.05. The number of nitrogens with one attached hydrogen (secondary N) is 1. The first-order chi connectivity index (χ1) is 12.8. The summed E-state index contributed by atoms with van der Waals surface area (Å²) in [4.78, 5) is 24.8. The molecule has 2 aromatic carbocycles. The zero-order valence-electron chi connectivity index (χ0n) is 14.9. The molecular formula is C20H21F3N2O2. The zero-order valence-corrected chi connectivity index (χ0v) is 14.9. The summed E-state index contributed by atoms with van der Waals surface area (Å²) in [5, 5.41) is 2.65. The van der Waals surface area contributed by atoms with Crippen molar-refractivity contribution in [2.45, 2.75) is 25.9 Å². The predicted octanol–water partition coefficient (Wildman–Crippen LogP) is 3.81. The summed E-state index contributed by atoms with van der Waals surface area (Å²) in [5.74, 6) is -1.14. The summed E-state index contributed by atoms with van der Waals surface area (Å²) in [6, 6.07) is 14.5. The van der Waals surface area contributed by atoms with Crippen LogP contribution in [0.4, 0.5) is 18.9 Å². The van der Waals surface area contributed by atoms with Crippen molar-refractivity contribution in [1.82, 2.24) is 5.32 Å². The van der Waals surface area contributed by atoms with Crippen LogP contribution in [0.5, 0.6) is 0 Å². The lowest BCUT2D eigenvalue weighted by Crippen LogP contribution is -2.41. The summed E-state index contributed by atoms with van der Waals surface area (Å²) >= 11 is 0. The van der Waals surface area contributed by atoms with Crippen molar-refractivity contribution in [3.05, 3.63) is 65.7 Å². The molecule has 0 aliphatic carbocycles. The van der Waals surface area contributed by atoms with E-state index in [1.165, 1.54) is 18.2 Å². The molecule has 0 unspecified atom stereocenters. The second kappa shape index (κ2) is 9.21. The van der Waals surface area contributed by atoms with Gasteiger partial charge in [-0.1, -0.05) is 42.5 Å². The Morgan fingerprint density at radius 3 is 2.26 bits per heavy atom. The number of hydrogen-bond donors (Lipinski definition) is 1. The molecule has 1 N–H and O–H groups in total. The van der Waals surface area contributed by atoms with E-state index in [9.17, 15) is 22.8 Å². The molecular weight excluding hydrogens is 357 g/mol. The van der Waals surface area contributed by atoms with Gasteiger partial charge in [0.1, 0.15) is 6.54 Å². The lowest BCUT2D eigenvalue weighted by atomic mass is 10.1. The third-order valence-corrected chi connectivity index (χ3v) is 3.99. The molecule has 0 radical (unpaired) electrons. The average molecular weight is 378 g/mol. The number of halogens is 3. The maximum absolute atomic E-state index is 13.2. The van der Waals surface area contributed by atoms with E-state index in [1.54, 1.807) is 0 Å². The highest BCUT2D eigenvalue weighted by Gasteiger charge is 2.35. The van der Waals surface area contributed by atoms with Crippen LogP contribution in [0.2, 0.25) is 0 Å². The van der Waals surface area contributed by atoms with Crippen molar-refractivity contribution in [3.63, 3.8) is 0 Å². The molecule has 0 heterocycles. The molecule has 0 aromatic heterocycles. The molecule has 2 amide bonds. The van der Waals surface area contributed by atoms with E-state index in [0.717, 1.165) is 29.9 Å². The summed E-state index contributed by atoms with van der Waals surface area (Å²) in [7, 11) is 0. The topological polar surface area (TPSA) is 49.4 Å². The fraction of sp³-hybridized carbons (Fsp3) is 0.300. The Morgan fingerprint density at radius 1 is 1.00 bits per heavy atom. The summed E-state index contributed by atoms with van der Waals surface area (Å²) in [6.07, 6.45) is -3.15. The molecule has 0 bridgehead atoms. The van der Waals surface area contributed by atoms with Crippen LogP contribution in [-0.4, -0.2) is 24.9 Å². The van der Waals surface area contributed by atoms with E-state index >= 15 is 0 Å². The van der Waals surface area contributed by atoms with Crippen molar-refractivity contribution in [3.8, 4) is 0 Å². The van der Waals surface area contributed by atoms with E-state index in [2.05, 4.69) is 5.32 Å². The van der Waals surface area contributed by atoms with Crippen LogP contribution in [0, 0.1) is 0 Å². The van der Waals surface area contributed by atoms with Crippen molar-refractivity contribution < 1.29 is 22.8 Å². The van der Waals surface area contributed by atoms with Gasteiger partial charge in [-0.25, -0.2) is 0 Å². The Hall–Kier alpha value is -2.83. The van der Waals surface area contributed by atoms with Crippen LogP contribution < -0.4 is 10.2 Å². The Morgan fingerprint density at radius 2 is 1.63 bits per heavy atom. The summed E-state index contributed by atoms with van der Waals surface area (Å²) < 4.78 is 39.5. The molecule has 2 aromatic rings. The standard InChI is InChI=1S/C20H21F3N2O2/c1-15(26)25(18-12-6-5-11-17(18)20(21,22)23)14-19(27)24-13-7-10-16-8-3-2-4-9-16/h2-6,8-9,11-12H,7,10,13-14H2,1H3,(H,24,27). The number of carbonyl (C=O) groups is 2. The molecule has 0 saturated heterocycles. The Balaban J connectivity index is 1.96. The molecule has 0 aliphatic rings. The highest BCUT2D eigenvalue weighted by molar-refractivity contribution is 5.98. The van der Waals surface area contributed by atoms with Crippen LogP contribution >= 0.6 is 0 Å². The van der Waals surface area contributed by atoms with Crippen molar-refractivity contribution in [2.24, 2.45) is 0 Å². The van der Waals surface area contributed by atoms with Gasteiger partial charge in [0.2, 0.25) is 11.8 Å². The van der Waals surface area contributed by atoms with Gasteiger partial charge in [-0.3, -0.25) is 9.59 Å². The fourth-order valence-electron chi connectivity index (χ4n) is 2.68. The molecule has 144 valence electrons. The fourth-order valence-corrected chi connectivity index (χ4v) is 2.68. The number of hydrogen-bond acceptors (Lipinski definition) is 2. The minimum absolute atomic E-state index is 0.322. The molecule has 0 saturated carbocycles. The van der Waals surface area contributed by atoms with Gasteiger partial charge >= 0.3 is 6.18 Å². The second-order valence-corrected chi connectivity index (χ2v) is 6.06. The molecule has 7 heteroatoms. The number of para-hydroxylation sites is 1. The predicted molar refractivity (Wildman–Crippen MR) is 97.2 cm³/mol. The van der Waals surface area contributed by atoms with Crippen LogP contribution in [0.3, 0.4) is 0 Å². The van der Waals surface area contributed by atoms with Gasteiger partial charge < -0.3 is 10.2 Å². The number of aryl methyl sites for hydroxylation is 1. The van der Waals surface area contributed by atoms with Crippen LogP contribution in [0.15, 0.2) is 54.6 Å². The maximum atomic E-state index is 13.2. The van der Waals surface area contributed by atoms with Crippen molar-refractivity contribution >= 4 is 17.5 Å². The van der Waals surface area contributed by atoms with E-state index in [-0.39, 0.29) is 5.69 Å². The second-order valence-electron chi connectivity index (χ2n) is 6.06. The Labute approximate surface area is 156 Å². The Bertz CT molecular complexity index is 776. The van der Waals surface area contributed by atoms with Gasteiger partial charge in [0.05, 0.1) is 11.3 Å². The molecule has 2 rings (SSSR count). The molecule has 0 fully saturated rings. The molecule has 4 nitrogen and oxygen atoms in total. The molecule has 27 heavy (non-hydrogen) atoms. The molecule has 0 atom stereocenters. The van der Waals surface area contributed by atoms with Crippen LogP contribution in [-0.2, 0) is 22.2 Å². The van der Waals surface area contributed by atoms with Gasteiger partial charge in [-0.15, -0.1) is 0 Å². The largest absolute Gasteiger partial charge is 0.418 e. The number of amides is 2.